The minimum Gasteiger partial charge on any atom is -0.480 e. The molecule has 1 saturated heterocycles. The van der Waals surface area contributed by atoms with Crippen molar-refractivity contribution >= 4 is 34.6 Å². The first-order valence-electron chi connectivity index (χ1n) is 11.6. The van der Waals surface area contributed by atoms with E-state index in [1.807, 2.05) is 24.3 Å². The molecule has 1 aromatic carbocycles. The molecular formula is C24H33N5O5. The molecule has 10 heteroatoms. The molecule has 0 bridgehead atoms. The number of aromatic nitrogens is 1. The van der Waals surface area contributed by atoms with Crippen LogP contribution in [0.5, 0.6) is 0 Å². The van der Waals surface area contributed by atoms with Crippen LogP contribution in [-0.4, -0.2) is 64.5 Å². The monoisotopic (exact) mass is 471 g/mol. The maximum absolute atomic E-state index is 13.0. The molecule has 0 radical (unpaired) electrons. The lowest BCUT2D eigenvalue weighted by Crippen LogP contribution is -2.58. The lowest BCUT2D eigenvalue weighted by molar-refractivity contribution is -0.142. The van der Waals surface area contributed by atoms with E-state index in [0.717, 1.165) is 29.4 Å². The van der Waals surface area contributed by atoms with Crippen LogP contribution in [0.15, 0.2) is 30.5 Å². The number of benzene rings is 1. The van der Waals surface area contributed by atoms with Crippen molar-refractivity contribution in [3.63, 3.8) is 0 Å². The highest BCUT2D eigenvalue weighted by molar-refractivity contribution is 5.94. The molecule has 10 nitrogen and oxygen atoms in total. The molecule has 184 valence electrons. The average molecular weight is 472 g/mol. The highest BCUT2D eigenvalue weighted by Gasteiger charge is 2.31. The van der Waals surface area contributed by atoms with Crippen molar-refractivity contribution in [1.82, 2.24) is 26.3 Å². The number of amides is 3. The zero-order chi connectivity index (χ0) is 24.8. The quantitative estimate of drug-likeness (QED) is 0.300. The van der Waals surface area contributed by atoms with E-state index in [1.54, 1.807) is 27.0 Å². The molecule has 6 N–H and O–H groups in total. The summed E-state index contributed by atoms with van der Waals surface area (Å²) in [6.07, 6.45) is 3.44. The van der Waals surface area contributed by atoms with E-state index in [1.165, 1.54) is 0 Å². The van der Waals surface area contributed by atoms with Crippen molar-refractivity contribution in [2.24, 2.45) is 5.92 Å². The second-order valence-corrected chi connectivity index (χ2v) is 9.07. The van der Waals surface area contributed by atoms with Gasteiger partial charge in [-0.1, -0.05) is 32.0 Å². The van der Waals surface area contributed by atoms with Crippen LogP contribution in [0.1, 0.15) is 39.2 Å². The predicted molar refractivity (Wildman–Crippen MR) is 127 cm³/mol. The second-order valence-electron chi connectivity index (χ2n) is 9.07. The first-order chi connectivity index (χ1) is 16.2. The second kappa shape index (κ2) is 11.1. The number of carbonyl (C=O) groups excluding carboxylic acids is 3. The first-order valence-corrected chi connectivity index (χ1v) is 11.6. The lowest BCUT2D eigenvalue weighted by Gasteiger charge is -2.26. The van der Waals surface area contributed by atoms with Gasteiger partial charge >= 0.3 is 5.97 Å². The minimum atomic E-state index is -1.17. The fraction of sp³-hybridized carbons (Fsp3) is 0.500. The highest BCUT2D eigenvalue weighted by atomic mass is 16.4. The van der Waals surface area contributed by atoms with E-state index in [4.69, 9.17) is 0 Å². The van der Waals surface area contributed by atoms with Crippen molar-refractivity contribution in [2.45, 2.75) is 64.2 Å². The molecule has 2 heterocycles. The van der Waals surface area contributed by atoms with E-state index in [9.17, 15) is 24.3 Å². The number of carbonyl (C=O) groups is 4. The number of carboxylic acid groups (broad SMARTS) is 1. The van der Waals surface area contributed by atoms with Crippen LogP contribution >= 0.6 is 0 Å². The van der Waals surface area contributed by atoms with E-state index in [-0.39, 0.29) is 24.3 Å². The lowest BCUT2D eigenvalue weighted by atomic mass is 10.0. The molecule has 0 saturated carbocycles. The topological polar surface area (TPSA) is 152 Å². The van der Waals surface area contributed by atoms with Gasteiger partial charge in [-0.15, -0.1) is 0 Å². The molecule has 3 rings (SSSR count). The molecule has 2 aromatic rings. The van der Waals surface area contributed by atoms with Gasteiger partial charge in [0.1, 0.15) is 18.1 Å². The minimum absolute atomic E-state index is 0.0880. The molecule has 4 unspecified atom stereocenters. The molecule has 1 aromatic heterocycles. The molecule has 1 aliphatic heterocycles. The van der Waals surface area contributed by atoms with Gasteiger partial charge in [0.2, 0.25) is 17.7 Å². The predicted octanol–water partition coefficient (Wildman–Crippen LogP) is 0.677. The van der Waals surface area contributed by atoms with E-state index in [0.29, 0.717) is 6.42 Å². The Morgan fingerprint density at radius 2 is 1.79 bits per heavy atom. The first kappa shape index (κ1) is 25.2. The number of fused-ring (bicyclic) bond motifs is 1. The van der Waals surface area contributed by atoms with Crippen molar-refractivity contribution in [3.05, 3.63) is 36.0 Å². The smallest absolute Gasteiger partial charge is 0.326 e. The van der Waals surface area contributed by atoms with Crippen molar-refractivity contribution in [1.29, 1.82) is 0 Å². The number of nitrogens with one attached hydrogen (secondary N) is 5. The summed E-state index contributed by atoms with van der Waals surface area (Å²) in [5, 5.41) is 21.6. The van der Waals surface area contributed by atoms with Crippen LogP contribution in [0, 0.1) is 5.92 Å². The van der Waals surface area contributed by atoms with Crippen molar-refractivity contribution < 1.29 is 24.3 Å². The summed E-state index contributed by atoms with van der Waals surface area (Å²) in [6.45, 7) is 5.82. The Hall–Kier alpha value is -3.40. The van der Waals surface area contributed by atoms with Crippen molar-refractivity contribution in [3.8, 4) is 0 Å². The molecule has 0 aliphatic carbocycles. The van der Waals surface area contributed by atoms with Gasteiger partial charge in [-0.25, -0.2) is 4.79 Å². The molecular weight excluding hydrogens is 438 g/mol. The van der Waals surface area contributed by atoms with E-state index < -0.39 is 35.9 Å². The third-order valence-electron chi connectivity index (χ3n) is 6.09. The fourth-order valence-electron chi connectivity index (χ4n) is 4.08. The standard InChI is InChI=1S/C24H33N5O5/c1-13(2)20(29-21(30)14(3)27-22(31)18-9-6-10-25-18)23(32)28-19(24(33)34)11-15-12-26-17-8-5-4-7-16(15)17/h4-5,7-8,12-14,18-20,25-26H,6,9-11H2,1-3H3,(H,27,31)(H,28,32)(H,29,30)(H,33,34). The highest BCUT2D eigenvalue weighted by Crippen LogP contribution is 2.19. The van der Waals surface area contributed by atoms with Gasteiger partial charge in [-0.05, 0) is 43.9 Å². The van der Waals surface area contributed by atoms with E-state index >= 15 is 0 Å². The number of aliphatic carboxylic acids is 1. The maximum atomic E-state index is 13.0. The zero-order valence-corrected chi connectivity index (χ0v) is 19.7. The number of hydrogen-bond donors (Lipinski definition) is 6. The molecule has 1 aliphatic rings. The summed E-state index contributed by atoms with van der Waals surface area (Å²) in [6, 6.07) is 4.22. The SMILES string of the molecule is CC(NC(=O)C1CCCN1)C(=O)NC(C(=O)NC(Cc1c[nH]c2ccccc12)C(=O)O)C(C)C. The van der Waals surface area contributed by atoms with Crippen LogP contribution < -0.4 is 21.3 Å². The summed E-state index contributed by atoms with van der Waals surface area (Å²) in [5.74, 6) is -2.83. The number of para-hydroxylation sites is 1. The van der Waals surface area contributed by atoms with Gasteiger partial charge in [0.15, 0.2) is 0 Å². The van der Waals surface area contributed by atoms with Gasteiger partial charge < -0.3 is 31.4 Å². The van der Waals surface area contributed by atoms with Gasteiger partial charge in [0, 0.05) is 23.5 Å². The van der Waals surface area contributed by atoms with Crippen LogP contribution in [-0.2, 0) is 25.6 Å². The molecule has 1 fully saturated rings. The fourth-order valence-corrected chi connectivity index (χ4v) is 4.08. The third kappa shape index (κ3) is 6.13. The van der Waals surface area contributed by atoms with Gasteiger partial charge in [-0.2, -0.15) is 0 Å². The van der Waals surface area contributed by atoms with Crippen molar-refractivity contribution in [2.75, 3.05) is 6.54 Å². The number of H-pyrrole nitrogens is 1. The zero-order valence-electron chi connectivity index (χ0n) is 19.7. The van der Waals surface area contributed by atoms with Crippen LogP contribution in [0.4, 0.5) is 0 Å². The summed E-state index contributed by atoms with van der Waals surface area (Å²) in [7, 11) is 0. The number of hydrogen-bond acceptors (Lipinski definition) is 5. The largest absolute Gasteiger partial charge is 0.480 e. The molecule has 34 heavy (non-hydrogen) atoms. The Balaban J connectivity index is 1.63. The van der Waals surface area contributed by atoms with E-state index in [2.05, 4.69) is 26.3 Å². The number of rotatable bonds is 10. The summed E-state index contributed by atoms with van der Waals surface area (Å²) in [4.78, 5) is 53.0. The number of aromatic amines is 1. The Kier molecular flexibility index (Phi) is 8.27. The Bertz CT molecular complexity index is 1040. The van der Waals surface area contributed by atoms with Gasteiger partial charge in [0.25, 0.3) is 0 Å². The Morgan fingerprint density at radius 1 is 1.06 bits per heavy atom. The third-order valence-corrected chi connectivity index (χ3v) is 6.09. The summed E-state index contributed by atoms with van der Waals surface area (Å²) in [5.41, 5.74) is 1.65. The van der Waals surface area contributed by atoms with Crippen LogP contribution in [0.2, 0.25) is 0 Å². The molecule has 0 spiro atoms. The molecule has 4 atom stereocenters. The summed E-state index contributed by atoms with van der Waals surface area (Å²) >= 11 is 0. The van der Waals surface area contributed by atoms with Crippen LogP contribution in [0.25, 0.3) is 10.9 Å². The average Bonchev–Trinajstić information content (AvgIpc) is 3.47. The normalized spacial score (nSPS) is 18.3. The van der Waals surface area contributed by atoms with Gasteiger partial charge in [-0.3, -0.25) is 14.4 Å². The van der Waals surface area contributed by atoms with Gasteiger partial charge in [0.05, 0.1) is 6.04 Å². The Morgan fingerprint density at radius 3 is 2.44 bits per heavy atom. The molecule has 3 amide bonds. The maximum Gasteiger partial charge on any atom is 0.326 e. The summed E-state index contributed by atoms with van der Waals surface area (Å²) < 4.78 is 0. The Labute approximate surface area is 198 Å². The van der Waals surface area contributed by atoms with Crippen LogP contribution in [0.3, 0.4) is 0 Å². The number of carboxylic acids is 1.